The molecule has 1 rings (SSSR count). The molecule has 0 aromatic carbocycles. The van der Waals surface area contributed by atoms with Crippen LogP contribution in [-0.2, 0) is 0 Å². The molecular weight excluding hydrogens is 216 g/mol. The summed E-state index contributed by atoms with van der Waals surface area (Å²) in [5, 5.41) is 12.8. The van der Waals surface area contributed by atoms with Crippen LogP contribution in [0, 0.1) is 0 Å². The Hall–Kier alpha value is -0.770. The van der Waals surface area contributed by atoms with Crippen LogP contribution in [0.4, 0.5) is 4.79 Å². The van der Waals surface area contributed by atoms with Gasteiger partial charge in [-0.15, -0.1) is 0 Å². The van der Waals surface area contributed by atoms with Gasteiger partial charge in [-0.25, -0.2) is 4.79 Å². The lowest BCUT2D eigenvalue weighted by Gasteiger charge is -2.26. The summed E-state index contributed by atoms with van der Waals surface area (Å²) in [7, 11) is 0. The van der Waals surface area contributed by atoms with E-state index in [1.165, 1.54) is 12.8 Å². The molecule has 4 heteroatoms. The Morgan fingerprint density at radius 3 is 2.41 bits per heavy atom. The van der Waals surface area contributed by atoms with E-state index in [0.29, 0.717) is 13.0 Å². The Kier molecular flexibility index (Phi) is 5.75. The van der Waals surface area contributed by atoms with Crippen LogP contribution in [0.1, 0.15) is 52.4 Å². The van der Waals surface area contributed by atoms with E-state index in [9.17, 15) is 9.90 Å². The average molecular weight is 242 g/mol. The lowest BCUT2D eigenvalue weighted by atomic mass is 10.0. The van der Waals surface area contributed by atoms with E-state index in [4.69, 9.17) is 0 Å². The zero-order valence-corrected chi connectivity index (χ0v) is 11.2. The van der Waals surface area contributed by atoms with Crippen LogP contribution in [0.25, 0.3) is 0 Å². The predicted molar refractivity (Wildman–Crippen MR) is 69.0 cm³/mol. The van der Waals surface area contributed by atoms with E-state index in [1.807, 2.05) is 11.8 Å². The summed E-state index contributed by atoms with van der Waals surface area (Å²) in [6, 6.07) is -0.0247. The van der Waals surface area contributed by atoms with Crippen molar-refractivity contribution in [3.8, 4) is 0 Å². The fourth-order valence-corrected chi connectivity index (χ4v) is 2.28. The topological polar surface area (TPSA) is 52.6 Å². The van der Waals surface area contributed by atoms with Gasteiger partial charge in [0, 0.05) is 19.6 Å². The maximum atomic E-state index is 11.9. The molecule has 0 bridgehead atoms. The van der Waals surface area contributed by atoms with Crippen molar-refractivity contribution < 1.29 is 9.90 Å². The number of carbonyl (C=O) groups excluding carboxylic acids is 1. The smallest absolute Gasteiger partial charge is 0.317 e. The highest BCUT2D eigenvalue weighted by molar-refractivity contribution is 5.74. The van der Waals surface area contributed by atoms with Crippen LogP contribution in [0.3, 0.4) is 0 Å². The summed E-state index contributed by atoms with van der Waals surface area (Å²) in [4.78, 5) is 13.8. The molecule has 2 amide bonds. The van der Waals surface area contributed by atoms with Gasteiger partial charge in [-0.3, -0.25) is 0 Å². The van der Waals surface area contributed by atoms with E-state index in [0.717, 1.165) is 32.4 Å². The normalized spacial score (nSPS) is 20.5. The molecular formula is C13H26N2O2. The molecule has 0 spiro atoms. The first-order valence-corrected chi connectivity index (χ1v) is 6.80. The van der Waals surface area contributed by atoms with E-state index in [-0.39, 0.29) is 6.03 Å². The van der Waals surface area contributed by atoms with Crippen LogP contribution in [-0.4, -0.2) is 41.3 Å². The van der Waals surface area contributed by atoms with E-state index in [1.54, 1.807) is 6.92 Å². The highest BCUT2D eigenvalue weighted by Gasteiger charge is 2.22. The molecule has 1 saturated heterocycles. The predicted octanol–water partition coefficient (Wildman–Crippen LogP) is 2.12. The highest BCUT2D eigenvalue weighted by Crippen LogP contribution is 2.12. The zero-order valence-electron chi connectivity index (χ0n) is 11.2. The molecule has 4 nitrogen and oxygen atoms in total. The number of amides is 2. The molecule has 1 heterocycles. The van der Waals surface area contributed by atoms with Gasteiger partial charge in [-0.05, 0) is 26.2 Å². The quantitative estimate of drug-likeness (QED) is 0.793. The van der Waals surface area contributed by atoms with Gasteiger partial charge in [0.15, 0.2) is 0 Å². The Labute approximate surface area is 104 Å². The first-order valence-electron chi connectivity index (χ1n) is 6.80. The van der Waals surface area contributed by atoms with Crippen molar-refractivity contribution in [2.45, 2.75) is 58.0 Å². The van der Waals surface area contributed by atoms with Gasteiger partial charge in [0.05, 0.1) is 5.60 Å². The van der Waals surface area contributed by atoms with Crippen molar-refractivity contribution in [2.75, 3.05) is 19.6 Å². The number of hydrogen-bond acceptors (Lipinski definition) is 2. The summed E-state index contributed by atoms with van der Waals surface area (Å²) >= 11 is 0. The van der Waals surface area contributed by atoms with Crippen LogP contribution in [0.2, 0.25) is 0 Å². The van der Waals surface area contributed by atoms with E-state index >= 15 is 0 Å². The number of rotatable bonds is 4. The van der Waals surface area contributed by atoms with Crippen molar-refractivity contribution in [3.05, 3.63) is 0 Å². The fourth-order valence-electron chi connectivity index (χ4n) is 2.28. The van der Waals surface area contributed by atoms with Gasteiger partial charge in [-0.1, -0.05) is 26.2 Å². The average Bonchev–Trinajstić information content (AvgIpc) is 2.54. The minimum atomic E-state index is -0.781. The molecule has 1 aliphatic heterocycles. The minimum Gasteiger partial charge on any atom is -0.388 e. The van der Waals surface area contributed by atoms with Crippen LogP contribution < -0.4 is 5.32 Å². The highest BCUT2D eigenvalue weighted by atomic mass is 16.3. The van der Waals surface area contributed by atoms with Gasteiger partial charge in [0.25, 0.3) is 0 Å². The molecule has 1 atom stereocenters. The molecule has 1 unspecified atom stereocenters. The fraction of sp³-hybridized carbons (Fsp3) is 0.923. The van der Waals surface area contributed by atoms with E-state index < -0.39 is 5.60 Å². The second kappa shape index (κ2) is 6.84. The van der Waals surface area contributed by atoms with Gasteiger partial charge < -0.3 is 15.3 Å². The SMILES string of the molecule is CCCC(C)(O)CNC(=O)N1CCCCCC1. The lowest BCUT2D eigenvalue weighted by molar-refractivity contribution is 0.0508. The molecule has 0 saturated carbocycles. The number of aliphatic hydroxyl groups is 1. The van der Waals surface area contributed by atoms with Gasteiger partial charge in [0.2, 0.25) is 0 Å². The third-order valence-corrected chi connectivity index (χ3v) is 3.30. The second-order valence-corrected chi connectivity index (χ2v) is 5.31. The van der Waals surface area contributed by atoms with Crippen molar-refractivity contribution in [3.63, 3.8) is 0 Å². The van der Waals surface area contributed by atoms with Gasteiger partial charge in [0.1, 0.15) is 0 Å². The Balaban J connectivity index is 2.32. The Bertz CT molecular complexity index is 234. The number of likely N-dealkylation sites (tertiary alicyclic amines) is 1. The third kappa shape index (κ3) is 5.39. The zero-order chi connectivity index (χ0) is 12.7. The van der Waals surface area contributed by atoms with Crippen molar-refractivity contribution >= 4 is 6.03 Å². The molecule has 100 valence electrons. The Morgan fingerprint density at radius 2 is 1.88 bits per heavy atom. The van der Waals surface area contributed by atoms with Crippen LogP contribution in [0.15, 0.2) is 0 Å². The summed E-state index contributed by atoms with van der Waals surface area (Å²) in [6.45, 7) is 5.85. The number of urea groups is 1. The third-order valence-electron chi connectivity index (χ3n) is 3.30. The van der Waals surface area contributed by atoms with Crippen molar-refractivity contribution in [1.29, 1.82) is 0 Å². The molecule has 0 aromatic rings. The molecule has 17 heavy (non-hydrogen) atoms. The molecule has 2 N–H and O–H groups in total. The maximum absolute atomic E-state index is 11.9. The largest absolute Gasteiger partial charge is 0.388 e. The first kappa shape index (κ1) is 14.3. The molecule has 1 aliphatic rings. The first-order chi connectivity index (χ1) is 8.05. The maximum Gasteiger partial charge on any atom is 0.317 e. The molecule has 0 aromatic heterocycles. The van der Waals surface area contributed by atoms with Crippen LogP contribution >= 0.6 is 0 Å². The number of hydrogen-bond donors (Lipinski definition) is 2. The molecule has 0 aliphatic carbocycles. The molecule has 0 radical (unpaired) electrons. The van der Waals surface area contributed by atoms with Gasteiger partial charge >= 0.3 is 6.03 Å². The monoisotopic (exact) mass is 242 g/mol. The number of carbonyl (C=O) groups is 1. The lowest BCUT2D eigenvalue weighted by Crippen LogP contribution is -2.46. The summed E-state index contributed by atoms with van der Waals surface area (Å²) < 4.78 is 0. The van der Waals surface area contributed by atoms with Crippen molar-refractivity contribution in [1.82, 2.24) is 10.2 Å². The minimum absolute atomic E-state index is 0.0247. The van der Waals surface area contributed by atoms with Crippen LogP contribution in [0.5, 0.6) is 0 Å². The summed E-state index contributed by atoms with van der Waals surface area (Å²) in [5.41, 5.74) is -0.781. The van der Waals surface area contributed by atoms with Crippen molar-refractivity contribution in [2.24, 2.45) is 0 Å². The Morgan fingerprint density at radius 1 is 1.29 bits per heavy atom. The second-order valence-electron chi connectivity index (χ2n) is 5.31. The number of nitrogens with one attached hydrogen (secondary N) is 1. The number of nitrogens with zero attached hydrogens (tertiary/aromatic N) is 1. The molecule has 1 fully saturated rings. The summed E-state index contributed by atoms with van der Waals surface area (Å²) in [5.74, 6) is 0. The summed E-state index contributed by atoms with van der Waals surface area (Å²) in [6.07, 6.45) is 6.27. The standard InChI is InChI=1S/C13H26N2O2/c1-3-8-13(2,17)11-14-12(16)15-9-6-4-5-7-10-15/h17H,3-11H2,1-2H3,(H,14,16). The van der Waals surface area contributed by atoms with E-state index in [2.05, 4.69) is 5.32 Å². The van der Waals surface area contributed by atoms with Gasteiger partial charge in [-0.2, -0.15) is 0 Å².